The molecule has 4 amide bonds. The van der Waals surface area contributed by atoms with E-state index in [1.54, 1.807) is 53.4 Å². The maximum Gasteiger partial charge on any atom is 0.322 e. The molecule has 2 aromatic carbocycles. The Bertz CT molecular complexity index is 1110. The van der Waals surface area contributed by atoms with Crippen molar-refractivity contribution in [2.75, 3.05) is 41.8 Å². The molecule has 2 aromatic rings. The molecule has 4 rings (SSSR count). The summed E-state index contributed by atoms with van der Waals surface area (Å²) in [7, 11) is 0. The third-order valence-electron chi connectivity index (χ3n) is 5.69. The number of nitrogens with zero attached hydrogens (tertiary/aromatic N) is 2. The molecule has 2 aliphatic rings. The minimum Gasteiger partial charge on any atom is -0.461 e. The minimum atomic E-state index is -0.854. The Morgan fingerprint density at radius 2 is 1.69 bits per heavy atom. The number of carbonyl (C=O) groups is 4. The van der Waals surface area contributed by atoms with Crippen molar-refractivity contribution in [3.8, 4) is 0 Å². The molecular formula is C24H25ClN4O6. The number of anilines is 3. The molecule has 2 heterocycles. The highest BCUT2D eigenvalue weighted by Gasteiger charge is 2.41. The third kappa shape index (κ3) is 6.09. The molecule has 35 heavy (non-hydrogen) atoms. The maximum absolute atomic E-state index is 13.1. The Hall–Kier alpha value is -3.63. The van der Waals surface area contributed by atoms with Gasteiger partial charge in [0, 0.05) is 42.0 Å². The van der Waals surface area contributed by atoms with Gasteiger partial charge in [0.25, 0.3) is 5.91 Å². The van der Waals surface area contributed by atoms with E-state index in [4.69, 9.17) is 21.1 Å². The van der Waals surface area contributed by atoms with Crippen LogP contribution in [0.1, 0.15) is 13.3 Å². The van der Waals surface area contributed by atoms with E-state index in [9.17, 15) is 19.2 Å². The lowest BCUT2D eigenvalue weighted by Gasteiger charge is -2.27. The smallest absolute Gasteiger partial charge is 0.322 e. The van der Waals surface area contributed by atoms with E-state index in [0.717, 1.165) is 0 Å². The van der Waals surface area contributed by atoms with Crippen molar-refractivity contribution in [3.05, 3.63) is 53.6 Å². The van der Waals surface area contributed by atoms with Crippen molar-refractivity contribution in [2.45, 2.75) is 25.5 Å². The Balaban J connectivity index is 1.45. The zero-order valence-electron chi connectivity index (χ0n) is 19.0. The lowest BCUT2D eigenvalue weighted by molar-refractivity contribution is -0.145. The molecule has 0 bridgehead atoms. The van der Waals surface area contributed by atoms with E-state index in [2.05, 4.69) is 10.6 Å². The standard InChI is InChI=1S/C24H25ClN4O6/c1-15(30)35-20-12-21(29(13-20)24(33)27-18-4-2-16(25)3-5-18)23(32)26-17-6-8-19(9-7-17)28-10-11-34-14-22(28)31/h2-9,20-21H,10-14H2,1H3,(H,26,32)(H,27,33)/t20-,21-/m1/s1. The number of carbonyl (C=O) groups excluding carboxylic acids is 4. The van der Waals surface area contributed by atoms with Crippen molar-refractivity contribution in [3.63, 3.8) is 0 Å². The number of halogens is 1. The van der Waals surface area contributed by atoms with Crippen LogP contribution in [0, 0.1) is 0 Å². The van der Waals surface area contributed by atoms with Crippen LogP contribution in [0.15, 0.2) is 48.5 Å². The summed E-state index contributed by atoms with van der Waals surface area (Å²) in [4.78, 5) is 52.6. The molecule has 11 heteroatoms. The molecule has 2 saturated heterocycles. The molecule has 0 aromatic heterocycles. The van der Waals surface area contributed by atoms with Gasteiger partial charge in [0.1, 0.15) is 18.8 Å². The molecule has 2 aliphatic heterocycles. The van der Waals surface area contributed by atoms with Crippen molar-refractivity contribution in [1.82, 2.24) is 4.90 Å². The predicted molar refractivity (Wildman–Crippen MR) is 129 cm³/mol. The van der Waals surface area contributed by atoms with Gasteiger partial charge in [-0.1, -0.05) is 11.6 Å². The summed E-state index contributed by atoms with van der Waals surface area (Å²) in [5.41, 5.74) is 1.73. The van der Waals surface area contributed by atoms with Crippen LogP contribution in [0.3, 0.4) is 0 Å². The molecule has 2 N–H and O–H groups in total. The Kier molecular flexibility index (Phi) is 7.52. The molecule has 2 fully saturated rings. The highest BCUT2D eigenvalue weighted by Crippen LogP contribution is 2.25. The normalized spacial score (nSPS) is 19.9. The fourth-order valence-electron chi connectivity index (χ4n) is 4.06. The molecular weight excluding hydrogens is 476 g/mol. The summed E-state index contributed by atoms with van der Waals surface area (Å²) in [5, 5.41) is 6.08. The molecule has 0 radical (unpaired) electrons. The molecule has 2 atom stereocenters. The summed E-state index contributed by atoms with van der Waals surface area (Å²) >= 11 is 5.90. The number of urea groups is 1. The van der Waals surface area contributed by atoms with E-state index in [0.29, 0.717) is 35.2 Å². The number of hydrogen-bond acceptors (Lipinski definition) is 6. The lowest BCUT2D eigenvalue weighted by Crippen LogP contribution is -2.45. The minimum absolute atomic E-state index is 0.0393. The van der Waals surface area contributed by atoms with Crippen molar-refractivity contribution in [1.29, 1.82) is 0 Å². The number of esters is 1. The highest BCUT2D eigenvalue weighted by atomic mass is 35.5. The van der Waals surface area contributed by atoms with Crippen LogP contribution in [0.25, 0.3) is 0 Å². The predicted octanol–water partition coefficient (Wildman–Crippen LogP) is 2.88. The molecule has 184 valence electrons. The second-order valence-corrected chi connectivity index (χ2v) is 8.64. The van der Waals surface area contributed by atoms with Gasteiger partial charge in [-0.3, -0.25) is 14.4 Å². The average molecular weight is 501 g/mol. The van der Waals surface area contributed by atoms with Gasteiger partial charge in [-0.15, -0.1) is 0 Å². The first-order chi connectivity index (χ1) is 16.8. The number of benzene rings is 2. The van der Waals surface area contributed by atoms with Gasteiger partial charge in [0.05, 0.1) is 13.2 Å². The number of amides is 4. The van der Waals surface area contributed by atoms with Gasteiger partial charge in [0.2, 0.25) is 5.91 Å². The largest absolute Gasteiger partial charge is 0.461 e. The van der Waals surface area contributed by atoms with Gasteiger partial charge in [-0.2, -0.15) is 0 Å². The van der Waals surface area contributed by atoms with Crippen molar-refractivity contribution in [2.24, 2.45) is 0 Å². The molecule has 0 unspecified atom stereocenters. The molecule has 10 nitrogen and oxygen atoms in total. The van der Waals surface area contributed by atoms with E-state index in [1.165, 1.54) is 11.8 Å². The fraction of sp³-hybridized carbons (Fsp3) is 0.333. The second-order valence-electron chi connectivity index (χ2n) is 8.21. The average Bonchev–Trinajstić information content (AvgIpc) is 3.25. The first-order valence-electron chi connectivity index (χ1n) is 11.1. The van der Waals surface area contributed by atoms with E-state index in [1.807, 2.05) is 0 Å². The summed E-state index contributed by atoms with van der Waals surface area (Å²) in [6.07, 6.45) is -0.436. The Morgan fingerprint density at radius 1 is 1.03 bits per heavy atom. The van der Waals surface area contributed by atoms with Gasteiger partial charge >= 0.3 is 12.0 Å². The van der Waals surface area contributed by atoms with Crippen LogP contribution in [0.2, 0.25) is 5.02 Å². The van der Waals surface area contributed by atoms with E-state index >= 15 is 0 Å². The van der Waals surface area contributed by atoms with Crippen molar-refractivity contribution >= 4 is 52.5 Å². The summed E-state index contributed by atoms with van der Waals surface area (Å²) in [5.74, 6) is -1.03. The van der Waals surface area contributed by atoms with Gasteiger partial charge < -0.3 is 29.9 Å². The number of rotatable bonds is 5. The molecule has 0 spiro atoms. The van der Waals surface area contributed by atoms with Gasteiger partial charge in [-0.25, -0.2) is 4.79 Å². The third-order valence-corrected chi connectivity index (χ3v) is 5.94. The zero-order valence-corrected chi connectivity index (χ0v) is 19.8. The van der Waals surface area contributed by atoms with Crippen LogP contribution in [-0.2, 0) is 23.9 Å². The first kappa shape index (κ1) is 24.5. The molecule has 0 saturated carbocycles. The second kappa shape index (κ2) is 10.7. The summed E-state index contributed by atoms with van der Waals surface area (Å²) in [6, 6.07) is 12.1. The van der Waals surface area contributed by atoms with Crippen LogP contribution in [-0.4, -0.2) is 67.2 Å². The first-order valence-corrected chi connectivity index (χ1v) is 11.5. The number of ether oxygens (including phenoxy) is 2. The molecule has 0 aliphatic carbocycles. The SMILES string of the molecule is CC(=O)O[C@@H]1C[C@H](C(=O)Nc2ccc(N3CCOCC3=O)cc2)N(C(=O)Nc2ccc(Cl)cc2)C1. The van der Waals surface area contributed by atoms with E-state index in [-0.39, 0.29) is 25.5 Å². The topological polar surface area (TPSA) is 117 Å². The van der Waals surface area contributed by atoms with Gasteiger partial charge in [-0.05, 0) is 48.5 Å². The maximum atomic E-state index is 13.1. The number of morpholine rings is 1. The summed E-state index contributed by atoms with van der Waals surface area (Å²) < 4.78 is 10.4. The van der Waals surface area contributed by atoms with Crippen LogP contribution >= 0.6 is 11.6 Å². The zero-order chi connectivity index (χ0) is 24.9. The van der Waals surface area contributed by atoms with Crippen LogP contribution < -0.4 is 15.5 Å². The Labute approximate surface area is 207 Å². The van der Waals surface area contributed by atoms with E-state index < -0.39 is 30.1 Å². The number of hydrogen-bond donors (Lipinski definition) is 2. The highest BCUT2D eigenvalue weighted by molar-refractivity contribution is 6.30. The van der Waals surface area contributed by atoms with Crippen LogP contribution in [0.5, 0.6) is 0 Å². The Morgan fingerprint density at radius 3 is 2.34 bits per heavy atom. The quantitative estimate of drug-likeness (QED) is 0.610. The lowest BCUT2D eigenvalue weighted by atomic mass is 10.1. The van der Waals surface area contributed by atoms with Gasteiger partial charge in [0.15, 0.2) is 0 Å². The number of likely N-dealkylation sites (tertiary alicyclic amines) is 1. The van der Waals surface area contributed by atoms with Crippen LogP contribution in [0.4, 0.5) is 21.9 Å². The van der Waals surface area contributed by atoms with Crippen molar-refractivity contribution < 1.29 is 28.7 Å². The summed E-state index contributed by atoms with van der Waals surface area (Å²) in [6.45, 7) is 2.32. The number of nitrogens with one attached hydrogen (secondary N) is 2. The monoisotopic (exact) mass is 500 g/mol. The fourth-order valence-corrected chi connectivity index (χ4v) is 4.19.